The molecule has 0 radical (unpaired) electrons. The molecule has 0 saturated carbocycles. The standard InChI is InChI=1S/C18H17ClN2OS2/c1-12(18-20-14-8-4-6-10-16(14)24-18)21(2)17(22)11-23-15-9-5-3-7-13(15)19/h3-10,12H,11H2,1-2H3. The number of thioether (sulfide) groups is 1. The highest BCUT2D eigenvalue weighted by molar-refractivity contribution is 8.00. The van der Waals surface area contributed by atoms with Crippen LogP contribution < -0.4 is 0 Å². The van der Waals surface area contributed by atoms with E-state index in [9.17, 15) is 4.79 Å². The third-order valence-corrected chi connectivity index (χ3v) is 6.54. The van der Waals surface area contributed by atoms with Crippen LogP contribution in [0.5, 0.6) is 0 Å². The number of para-hydroxylation sites is 1. The van der Waals surface area contributed by atoms with Crippen molar-refractivity contribution in [3.8, 4) is 0 Å². The lowest BCUT2D eigenvalue weighted by molar-refractivity contribution is -0.128. The smallest absolute Gasteiger partial charge is 0.233 e. The van der Waals surface area contributed by atoms with Gasteiger partial charge in [0, 0.05) is 11.9 Å². The van der Waals surface area contributed by atoms with Gasteiger partial charge in [0.05, 0.1) is 27.0 Å². The maximum atomic E-state index is 12.5. The van der Waals surface area contributed by atoms with Crippen LogP contribution in [0.2, 0.25) is 5.02 Å². The number of carbonyl (C=O) groups excluding carboxylic acids is 1. The Morgan fingerprint density at radius 3 is 2.71 bits per heavy atom. The molecular weight excluding hydrogens is 360 g/mol. The van der Waals surface area contributed by atoms with Gasteiger partial charge in [0.15, 0.2) is 0 Å². The minimum atomic E-state index is -0.0539. The highest BCUT2D eigenvalue weighted by Crippen LogP contribution is 2.30. The number of hydrogen-bond donors (Lipinski definition) is 0. The Morgan fingerprint density at radius 2 is 1.96 bits per heavy atom. The number of aromatic nitrogens is 1. The van der Waals surface area contributed by atoms with Crippen LogP contribution in [-0.2, 0) is 4.79 Å². The van der Waals surface area contributed by atoms with E-state index in [2.05, 4.69) is 11.1 Å². The summed E-state index contributed by atoms with van der Waals surface area (Å²) in [7, 11) is 1.83. The summed E-state index contributed by atoms with van der Waals surface area (Å²) in [5.41, 5.74) is 0.982. The molecule has 3 rings (SSSR count). The first-order chi connectivity index (χ1) is 11.6. The largest absolute Gasteiger partial charge is 0.336 e. The van der Waals surface area contributed by atoms with E-state index in [0.29, 0.717) is 10.8 Å². The second kappa shape index (κ2) is 7.55. The Labute approximate surface area is 154 Å². The van der Waals surface area contributed by atoms with Crippen molar-refractivity contribution in [1.82, 2.24) is 9.88 Å². The zero-order valence-corrected chi connectivity index (χ0v) is 15.8. The highest BCUT2D eigenvalue weighted by Gasteiger charge is 2.20. The minimum Gasteiger partial charge on any atom is -0.336 e. The van der Waals surface area contributed by atoms with Gasteiger partial charge in [-0.1, -0.05) is 35.9 Å². The van der Waals surface area contributed by atoms with Gasteiger partial charge in [0.25, 0.3) is 0 Å². The van der Waals surface area contributed by atoms with Crippen LogP contribution in [0.3, 0.4) is 0 Å². The minimum absolute atomic E-state index is 0.0539. The summed E-state index contributed by atoms with van der Waals surface area (Å²) < 4.78 is 1.14. The van der Waals surface area contributed by atoms with E-state index < -0.39 is 0 Å². The van der Waals surface area contributed by atoms with E-state index in [1.165, 1.54) is 11.8 Å². The van der Waals surface area contributed by atoms with E-state index in [-0.39, 0.29) is 11.9 Å². The normalized spacial score (nSPS) is 12.3. The van der Waals surface area contributed by atoms with Crippen LogP contribution in [-0.4, -0.2) is 28.6 Å². The predicted octanol–water partition coefficient (Wildman–Crippen LogP) is 5.26. The molecule has 0 N–H and O–H groups in total. The molecule has 0 aliphatic carbocycles. The molecule has 0 spiro atoms. The van der Waals surface area contributed by atoms with Gasteiger partial charge in [-0.15, -0.1) is 23.1 Å². The molecule has 24 heavy (non-hydrogen) atoms. The molecule has 1 amide bonds. The third kappa shape index (κ3) is 3.74. The number of amides is 1. The van der Waals surface area contributed by atoms with Crippen molar-refractivity contribution in [2.24, 2.45) is 0 Å². The molecule has 2 aromatic carbocycles. The fourth-order valence-corrected chi connectivity index (χ4v) is 4.48. The number of nitrogens with zero attached hydrogens (tertiary/aromatic N) is 2. The molecule has 1 unspecified atom stereocenters. The third-order valence-electron chi connectivity index (χ3n) is 3.83. The molecule has 1 heterocycles. The summed E-state index contributed by atoms with van der Waals surface area (Å²) in [6, 6.07) is 15.5. The van der Waals surface area contributed by atoms with Crippen molar-refractivity contribution in [3.05, 3.63) is 58.6 Å². The summed E-state index contributed by atoms with van der Waals surface area (Å²) in [5, 5.41) is 1.63. The lowest BCUT2D eigenvalue weighted by atomic mass is 10.3. The van der Waals surface area contributed by atoms with E-state index in [4.69, 9.17) is 11.6 Å². The van der Waals surface area contributed by atoms with Gasteiger partial charge in [-0.25, -0.2) is 4.98 Å². The number of halogens is 1. The van der Waals surface area contributed by atoms with Gasteiger partial charge in [-0.3, -0.25) is 4.79 Å². The maximum Gasteiger partial charge on any atom is 0.233 e. The molecule has 1 atom stereocenters. The lowest BCUT2D eigenvalue weighted by Gasteiger charge is -2.23. The number of benzene rings is 2. The van der Waals surface area contributed by atoms with Crippen LogP contribution in [0.15, 0.2) is 53.4 Å². The van der Waals surface area contributed by atoms with Crippen LogP contribution >= 0.6 is 34.7 Å². The average molecular weight is 377 g/mol. The van der Waals surface area contributed by atoms with Crippen LogP contribution in [0, 0.1) is 0 Å². The van der Waals surface area contributed by atoms with Crippen molar-refractivity contribution in [3.63, 3.8) is 0 Å². The van der Waals surface area contributed by atoms with Crippen molar-refractivity contribution in [1.29, 1.82) is 0 Å². The topological polar surface area (TPSA) is 33.2 Å². The van der Waals surface area contributed by atoms with Gasteiger partial charge in [0.1, 0.15) is 5.01 Å². The SMILES string of the molecule is CC(c1nc2ccccc2s1)N(C)C(=O)CSc1ccccc1Cl. The van der Waals surface area contributed by atoms with Gasteiger partial charge in [-0.2, -0.15) is 0 Å². The zero-order valence-electron chi connectivity index (χ0n) is 13.4. The van der Waals surface area contributed by atoms with Gasteiger partial charge in [-0.05, 0) is 31.2 Å². The molecule has 3 aromatic rings. The summed E-state index contributed by atoms with van der Waals surface area (Å²) in [4.78, 5) is 19.8. The molecule has 6 heteroatoms. The molecular formula is C18H17ClN2OS2. The van der Waals surface area contributed by atoms with E-state index in [1.54, 1.807) is 16.2 Å². The fourth-order valence-electron chi connectivity index (χ4n) is 2.25. The van der Waals surface area contributed by atoms with Crippen molar-refractivity contribution in [2.45, 2.75) is 17.9 Å². The van der Waals surface area contributed by atoms with E-state index in [1.807, 2.05) is 56.4 Å². The molecule has 0 aliphatic heterocycles. The Hall–Kier alpha value is -1.56. The number of thiazole rings is 1. The van der Waals surface area contributed by atoms with Crippen molar-refractivity contribution >= 4 is 50.8 Å². The van der Waals surface area contributed by atoms with Crippen molar-refractivity contribution in [2.75, 3.05) is 12.8 Å². The molecule has 1 aromatic heterocycles. The van der Waals surface area contributed by atoms with Gasteiger partial charge < -0.3 is 4.90 Å². The second-order valence-corrected chi connectivity index (χ2v) is 7.91. The zero-order chi connectivity index (χ0) is 17.1. The summed E-state index contributed by atoms with van der Waals surface area (Å²) in [6.45, 7) is 2.01. The van der Waals surface area contributed by atoms with E-state index in [0.717, 1.165) is 20.1 Å². The van der Waals surface area contributed by atoms with Gasteiger partial charge >= 0.3 is 0 Å². The molecule has 0 saturated heterocycles. The molecule has 124 valence electrons. The molecule has 3 nitrogen and oxygen atoms in total. The quantitative estimate of drug-likeness (QED) is 0.569. The Morgan fingerprint density at radius 1 is 1.25 bits per heavy atom. The second-order valence-electron chi connectivity index (χ2n) is 5.42. The van der Waals surface area contributed by atoms with Gasteiger partial charge in [0.2, 0.25) is 5.91 Å². The monoisotopic (exact) mass is 376 g/mol. The lowest BCUT2D eigenvalue weighted by Crippen LogP contribution is -2.31. The first-order valence-corrected chi connectivity index (χ1v) is 9.72. The summed E-state index contributed by atoms with van der Waals surface area (Å²) >= 11 is 9.23. The number of fused-ring (bicyclic) bond motifs is 1. The maximum absolute atomic E-state index is 12.5. The highest BCUT2D eigenvalue weighted by atomic mass is 35.5. The fraction of sp³-hybridized carbons (Fsp3) is 0.222. The van der Waals surface area contributed by atoms with Crippen LogP contribution in [0.1, 0.15) is 18.0 Å². The average Bonchev–Trinajstić information content (AvgIpc) is 3.03. The van der Waals surface area contributed by atoms with Crippen LogP contribution in [0.4, 0.5) is 0 Å². The summed E-state index contributed by atoms with van der Waals surface area (Å²) in [6.07, 6.45) is 0. The molecule has 0 bridgehead atoms. The first kappa shape index (κ1) is 17.3. The number of hydrogen-bond acceptors (Lipinski definition) is 4. The molecule has 0 fully saturated rings. The first-order valence-electron chi connectivity index (χ1n) is 7.54. The van der Waals surface area contributed by atoms with Crippen molar-refractivity contribution < 1.29 is 4.79 Å². The molecule has 0 aliphatic rings. The number of carbonyl (C=O) groups is 1. The van der Waals surface area contributed by atoms with Crippen LogP contribution in [0.25, 0.3) is 10.2 Å². The summed E-state index contributed by atoms with van der Waals surface area (Å²) in [5.74, 6) is 0.418. The Bertz CT molecular complexity index is 832. The van der Waals surface area contributed by atoms with E-state index >= 15 is 0 Å². The predicted molar refractivity (Wildman–Crippen MR) is 103 cm³/mol. The Balaban J connectivity index is 1.67. The number of rotatable bonds is 5. The Kier molecular flexibility index (Phi) is 5.43.